The quantitative estimate of drug-likeness (QED) is 0.384. The van der Waals surface area contributed by atoms with Crippen LogP contribution in [0, 0.1) is 11.5 Å². The number of nitriles is 1. The largest absolute Gasteiger partial charge is 0.422 e. The summed E-state index contributed by atoms with van der Waals surface area (Å²) in [6.07, 6.45) is 6.19. The molecule has 0 fully saturated rings. The summed E-state index contributed by atoms with van der Waals surface area (Å²) in [5, 5.41) is 32.4. The van der Waals surface area contributed by atoms with Crippen LogP contribution >= 0.6 is 0 Å². The number of aromatic nitrogens is 2. The van der Waals surface area contributed by atoms with Crippen molar-refractivity contribution >= 4 is 6.01 Å². The molecule has 16 heavy (non-hydrogen) atoms. The third-order valence-electron chi connectivity index (χ3n) is 1.56. The van der Waals surface area contributed by atoms with Gasteiger partial charge in [0, 0.05) is 0 Å². The van der Waals surface area contributed by atoms with Gasteiger partial charge in [-0.1, -0.05) is 0 Å². The topological polar surface area (TPSA) is 108 Å². The molecule has 0 saturated carbocycles. The molecule has 0 amide bonds. The SMILES string of the molecule is C[n+]1ccn(CC(O)CO)c1.N#CN=C=[N-]. The fourth-order valence-electron chi connectivity index (χ4n) is 0.933. The number of hydrogen-bond acceptors (Lipinski definition) is 4. The van der Waals surface area contributed by atoms with Gasteiger partial charge in [-0.3, -0.25) is 0 Å². The minimum absolute atomic E-state index is 0.193. The van der Waals surface area contributed by atoms with Crippen molar-refractivity contribution in [1.29, 1.82) is 5.26 Å². The summed E-state index contributed by atoms with van der Waals surface area (Å²) in [5.74, 6) is 0. The molecule has 0 radical (unpaired) electrons. The van der Waals surface area contributed by atoms with Crippen LogP contribution in [0.1, 0.15) is 0 Å². The standard InChI is InChI=1S/C7H13N2O2.C2N3/c1-8-2-3-9(6-8)4-7(11)5-10;3-1-5-2-4/h2-3,6-7,10-11H,4-5H2,1H3;/q+1;-1. The van der Waals surface area contributed by atoms with E-state index in [4.69, 9.17) is 20.9 Å². The van der Waals surface area contributed by atoms with Crippen LogP contribution in [0.2, 0.25) is 0 Å². The van der Waals surface area contributed by atoms with E-state index in [-0.39, 0.29) is 6.61 Å². The van der Waals surface area contributed by atoms with Crippen molar-refractivity contribution in [3.63, 3.8) is 0 Å². The molecule has 1 atom stereocenters. The fourth-order valence-corrected chi connectivity index (χ4v) is 0.933. The first-order chi connectivity index (χ1) is 7.63. The fraction of sp³-hybridized carbons (Fsp3) is 0.444. The van der Waals surface area contributed by atoms with E-state index in [2.05, 4.69) is 4.99 Å². The van der Waals surface area contributed by atoms with E-state index in [1.54, 1.807) is 0 Å². The van der Waals surface area contributed by atoms with Crippen LogP contribution in [0.4, 0.5) is 0 Å². The normalized spacial score (nSPS) is 10.4. The molecule has 1 aromatic heterocycles. The zero-order valence-electron chi connectivity index (χ0n) is 8.85. The Bertz CT molecular complexity index is 389. The van der Waals surface area contributed by atoms with Gasteiger partial charge in [-0.15, -0.1) is 6.01 Å². The minimum Gasteiger partial charge on any atom is -0.422 e. The second-order valence-electron chi connectivity index (χ2n) is 2.92. The summed E-state index contributed by atoms with van der Waals surface area (Å²) < 4.78 is 3.70. The average Bonchev–Trinajstić information content (AvgIpc) is 2.66. The lowest BCUT2D eigenvalue weighted by Crippen LogP contribution is -2.25. The van der Waals surface area contributed by atoms with Gasteiger partial charge in [0.25, 0.3) is 0 Å². The Labute approximate surface area is 93.0 Å². The maximum absolute atomic E-state index is 9.04. The van der Waals surface area contributed by atoms with Crippen molar-refractivity contribution in [2.24, 2.45) is 12.0 Å². The van der Waals surface area contributed by atoms with E-state index in [9.17, 15) is 0 Å². The first-order valence-electron chi connectivity index (χ1n) is 4.41. The third kappa shape index (κ3) is 6.45. The Morgan fingerprint density at radius 3 is 2.69 bits per heavy atom. The highest BCUT2D eigenvalue weighted by Crippen LogP contribution is 1.88. The molecule has 0 saturated heterocycles. The van der Waals surface area contributed by atoms with E-state index in [1.807, 2.05) is 34.9 Å². The Morgan fingerprint density at radius 2 is 2.38 bits per heavy atom. The van der Waals surface area contributed by atoms with E-state index in [1.165, 1.54) is 12.2 Å². The predicted octanol–water partition coefficient (Wildman–Crippen LogP) is -1.12. The van der Waals surface area contributed by atoms with Crippen molar-refractivity contribution in [3.8, 4) is 6.19 Å². The van der Waals surface area contributed by atoms with Crippen molar-refractivity contribution < 1.29 is 14.8 Å². The Kier molecular flexibility index (Phi) is 7.28. The third-order valence-corrected chi connectivity index (χ3v) is 1.56. The molecule has 1 rings (SSSR count). The van der Waals surface area contributed by atoms with Crippen LogP contribution in [-0.2, 0) is 13.6 Å². The van der Waals surface area contributed by atoms with Gasteiger partial charge in [0.05, 0.1) is 19.8 Å². The number of aliphatic hydroxyl groups is 2. The van der Waals surface area contributed by atoms with Crippen LogP contribution in [-0.4, -0.2) is 33.5 Å². The molecule has 0 aliphatic heterocycles. The number of hydrogen-bond donors (Lipinski definition) is 2. The monoisotopic (exact) mass is 223 g/mol. The number of rotatable bonds is 3. The minimum atomic E-state index is -0.664. The highest BCUT2D eigenvalue weighted by atomic mass is 16.3. The Hall–Kier alpha value is -2.00. The average molecular weight is 223 g/mol. The molecule has 0 bridgehead atoms. The van der Waals surface area contributed by atoms with Gasteiger partial charge in [-0.25, -0.2) is 9.13 Å². The molecule has 1 heterocycles. The van der Waals surface area contributed by atoms with Gasteiger partial charge in [0.15, 0.2) is 0 Å². The van der Waals surface area contributed by atoms with E-state index in [0.29, 0.717) is 6.54 Å². The number of aryl methyl sites for hydroxylation is 1. The van der Waals surface area contributed by atoms with Gasteiger partial charge < -0.3 is 20.6 Å². The predicted molar refractivity (Wildman–Crippen MR) is 55.1 cm³/mol. The van der Waals surface area contributed by atoms with Gasteiger partial charge >= 0.3 is 0 Å². The lowest BCUT2D eigenvalue weighted by Gasteiger charge is -2.01. The smallest absolute Gasteiger partial charge is 0.243 e. The molecule has 1 aromatic rings. The highest BCUT2D eigenvalue weighted by Gasteiger charge is 2.06. The maximum Gasteiger partial charge on any atom is 0.243 e. The molecule has 0 aliphatic carbocycles. The van der Waals surface area contributed by atoms with Crippen LogP contribution in [0.15, 0.2) is 23.7 Å². The molecule has 7 nitrogen and oxygen atoms in total. The summed E-state index contributed by atoms with van der Waals surface area (Å²) in [6.45, 7) is 0.249. The molecular formula is C9H13N5O2. The maximum atomic E-state index is 9.04. The van der Waals surface area contributed by atoms with Gasteiger partial charge in [0.2, 0.25) is 6.33 Å². The number of aliphatic hydroxyl groups excluding tert-OH is 2. The summed E-state index contributed by atoms with van der Waals surface area (Å²) in [5.41, 5.74) is 0. The molecule has 0 spiro atoms. The van der Waals surface area contributed by atoms with Crippen LogP contribution in [0.25, 0.3) is 5.41 Å². The summed E-state index contributed by atoms with van der Waals surface area (Å²) in [7, 11) is 1.90. The molecule has 86 valence electrons. The molecular weight excluding hydrogens is 210 g/mol. The molecule has 0 aromatic carbocycles. The summed E-state index contributed by atoms with van der Waals surface area (Å²) >= 11 is 0. The lowest BCUT2D eigenvalue weighted by atomic mass is 10.4. The van der Waals surface area contributed by atoms with Crippen molar-refractivity contribution in [2.45, 2.75) is 12.6 Å². The van der Waals surface area contributed by atoms with E-state index in [0.717, 1.165) is 0 Å². The van der Waals surface area contributed by atoms with Crippen molar-refractivity contribution in [2.75, 3.05) is 6.61 Å². The molecule has 2 N–H and O–H groups in total. The Balaban J connectivity index is 0.000000385. The van der Waals surface area contributed by atoms with Crippen LogP contribution in [0.3, 0.4) is 0 Å². The zero-order chi connectivity index (χ0) is 12.4. The number of imidazole rings is 1. The zero-order valence-corrected chi connectivity index (χ0v) is 8.85. The van der Waals surface area contributed by atoms with Gasteiger partial charge in [-0.2, -0.15) is 5.26 Å². The number of aliphatic imine (C=N–C) groups is 1. The van der Waals surface area contributed by atoms with Gasteiger partial charge in [0.1, 0.15) is 25.0 Å². The molecule has 1 unspecified atom stereocenters. The Morgan fingerprint density at radius 1 is 1.69 bits per heavy atom. The van der Waals surface area contributed by atoms with Crippen LogP contribution < -0.4 is 4.57 Å². The summed E-state index contributed by atoms with van der Waals surface area (Å²) in [4.78, 5) is 2.58. The van der Waals surface area contributed by atoms with E-state index < -0.39 is 6.10 Å². The lowest BCUT2D eigenvalue weighted by molar-refractivity contribution is -0.671. The van der Waals surface area contributed by atoms with Crippen LogP contribution in [0.5, 0.6) is 0 Å². The highest BCUT2D eigenvalue weighted by molar-refractivity contribution is 5.46. The molecule has 0 aliphatic rings. The second-order valence-corrected chi connectivity index (χ2v) is 2.92. The van der Waals surface area contributed by atoms with Crippen molar-refractivity contribution in [3.05, 3.63) is 24.1 Å². The summed E-state index contributed by atoms with van der Waals surface area (Å²) in [6, 6.07) is 1.28. The second kappa shape index (κ2) is 8.32. The number of nitrogens with zero attached hydrogens (tertiary/aromatic N) is 5. The first-order valence-corrected chi connectivity index (χ1v) is 4.41. The first kappa shape index (κ1) is 14.0. The van der Waals surface area contributed by atoms with Gasteiger partial charge in [-0.05, 0) is 0 Å². The molecule has 7 heteroatoms. The van der Waals surface area contributed by atoms with Crippen molar-refractivity contribution in [1.82, 2.24) is 4.57 Å². The van der Waals surface area contributed by atoms with E-state index >= 15 is 0 Å².